The molecule has 0 aliphatic rings. The minimum absolute atomic E-state index is 0.0358. The highest BCUT2D eigenvalue weighted by Crippen LogP contribution is 2.17. The molecule has 0 atom stereocenters. The van der Waals surface area contributed by atoms with E-state index in [0.717, 1.165) is 11.3 Å². The summed E-state index contributed by atoms with van der Waals surface area (Å²) in [5, 5.41) is 2.92. The van der Waals surface area contributed by atoms with Crippen LogP contribution in [0.1, 0.15) is 38.4 Å². The number of nitrogens with one attached hydrogen (secondary N) is 1. The van der Waals surface area contributed by atoms with E-state index < -0.39 is 0 Å². The van der Waals surface area contributed by atoms with Gasteiger partial charge in [-0.15, -0.1) is 0 Å². The lowest BCUT2D eigenvalue weighted by atomic mass is 9.92. The molecule has 0 unspecified atom stereocenters. The lowest BCUT2D eigenvalue weighted by Crippen LogP contribution is -2.27. The first-order chi connectivity index (χ1) is 7.38. The van der Waals surface area contributed by atoms with Crippen LogP contribution in [-0.2, 0) is 11.3 Å². The van der Waals surface area contributed by atoms with Gasteiger partial charge in [0, 0.05) is 24.9 Å². The fraction of sp³-hybridized carbons (Fsp3) is 0.538. The number of aromatic nitrogens is 1. The Bertz CT molecular complexity index is 366. The average molecular weight is 220 g/mol. The van der Waals surface area contributed by atoms with Crippen molar-refractivity contribution in [1.82, 2.24) is 10.3 Å². The second-order valence-corrected chi connectivity index (χ2v) is 5.26. The van der Waals surface area contributed by atoms with Gasteiger partial charge in [0.2, 0.25) is 5.91 Å². The second kappa shape index (κ2) is 5.10. The summed E-state index contributed by atoms with van der Waals surface area (Å²) >= 11 is 0. The normalized spacial score (nSPS) is 11.2. The monoisotopic (exact) mass is 220 g/mol. The van der Waals surface area contributed by atoms with E-state index in [9.17, 15) is 4.79 Å². The highest BCUT2D eigenvalue weighted by molar-refractivity contribution is 5.76. The number of carbonyl (C=O) groups excluding carboxylic acids is 1. The Balaban J connectivity index is 2.47. The van der Waals surface area contributed by atoms with E-state index in [0.29, 0.717) is 13.0 Å². The van der Waals surface area contributed by atoms with E-state index in [1.165, 1.54) is 0 Å². The van der Waals surface area contributed by atoms with Gasteiger partial charge in [-0.3, -0.25) is 9.78 Å². The van der Waals surface area contributed by atoms with E-state index in [-0.39, 0.29) is 11.3 Å². The summed E-state index contributed by atoms with van der Waals surface area (Å²) in [6.45, 7) is 8.69. The molecule has 16 heavy (non-hydrogen) atoms. The molecule has 1 rings (SSSR count). The van der Waals surface area contributed by atoms with Crippen molar-refractivity contribution >= 4 is 5.91 Å². The molecule has 0 aromatic carbocycles. The average Bonchev–Trinajstić information content (AvgIpc) is 2.14. The van der Waals surface area contributed by atoms with Crippen LogP contribution in [0.4, 0.5) is 0 Å². The van der Waals surface area contributed by atoms with Crippen LogP contribution in [0.25, 0.3) is 0 Å². The van der Waals surface area contributed by atoms with Crippen molar-refractivity contribution in [3.05, 3.63) is 29.6 Å². The van der Waals surface area contributed by atoms with E-state index in [1.54, 1.807) is 6.20 Å². The van der Waals surface area contributed by atoms with E-state index in [1.807, 2.05) is 19.1 Å². The topological polar surface area (TPSA) is 42.0 Å². The van der Waals surface area contributed by atoms with Gasteiger partial charge in [-0.2, -0.15) is 0 Å². The predicted octanol–water partition coefficient (Wildman–Crippen LogP) is 2.44. The van der Waals surface area contributed by atoms with Gasteiger partial charge in [0.05, 0.1) is 0 Å². The minimum atomic E-state index is 0.0358. The number of pyridine rings is 1. The van der Waals surface area contributed by atoms with Crippen LogP contribution in [0.15, 0.2) is 18.3 Å². The first-order valence-electron chi connectivity index (χ1n) is 5.56. The minimum Gasteiger partial charge on any atom is -0.352 e. The third kappa shape index (κ3) is 4.43. The molecule has 1 amide bonds. The Kier molecular flexibility index (Phi) is 4.05. The van der Waals surface area contributed by atoms with E-state index >= 15 is 0 Å². The van der Waals surface area contributed by atoms with Crippen LogP contribution >= 0.6 is 0 Å². The summed E-state index contributed by atoms with van der Waals surface area (Å²) in [5.41, 5.74) is 2.08. The number of hydrogen-bond acceptors (Lipinski definition) is 2. The molecule has 0 bridgehead atoms. The number of aryl methyl sites for hydroxylation is 1. The smallest absolute Gasteiger partial charge is 0.220 e. The Hall–Kier alpha value is -1.38. The van der Waals surface area contributed by atoms with Crippen molar-refractivity contribution in [2.75, 3.05) is 0 Å². The van der Waals surface area contributed by atoms with E-state index in [2.05, 4.69) is 31.1 Å². The third-order valence-electron chi connectivity index (χ3n) is 2.28. The Labute approximate surface area is 97.3 Å². The third-order valence-corrected chi connectivity index (χ3v) is 2.28. The summed E-state index contributed by atoms with van der Waals surface area (Å²) < 4.78 is 0. The standard InChI is InChI=1S/C13H20N2O/c1-10-11(6-5-7-14-10)9-15-12(16)8-13(2,3)4/h5-7H,8-9H2,1-4H3,(H,15,16). The molecule has 0 aliphatic carbocycles. The van der Waals surface area contributed by atoms with Crippen molar-refractivity contribution in [1.29, 1.82) is 0 Å². The zero-order valence-electron chi connectivity index (χ0n) is 10.5. The van der Waals surface area contributed by atoms with Gasteiger partial charge >= 0.3 is 0 Å². The van der Waals surface area contributed by atoms with E-state index in [4.69, 9.17) is 0 Å². The maximum Gasteiger partial charge on any atom is 0.220 e. The number of nitrogens with zero attached hydrogens (tertiary/aromatic N) is 1. The van der Waals surface area contributed by atoms with Gasteiger partial charge in [0.1, 0.15) is 0 Å². The lowest BCUT2D eigenvalue weighted by molar-refractivity contribution is -0.122. The fourth-order valence-corrected chi connectivity index (χ4v) is 1.44. The molecule has 0 saturated carbocycles. The van der Waals surface area contributed by atoms with Gasteiger partial charge in [0.25, 0.3) is 0 Å². The number of rotatable bonds is 3. The quantitative estimate of drug-likeness (QED) is 0.850. The molecule has 0 spiro atoms. The summed E-state index contributed by atoms with van der Waals surface area (Å²) in [5.74, 6) is 0.0933. The zero-order chi connectivity index (χ0) is 12.2. The van der Waals surface area contributed by atoms with Crippen LogP contribution < -0.4 is 5.32 Å². The van der Waals surface area contributed by atoms with Gasteiger partial charge in [-0.05, 0) is 24.0 Å². The molecule has 1 heterocycles. The summed E-state index contributed by atoms with van der Waals surface area (Å²) in [4.78, 5) is 15.8. The molecule has 0 fully saturated rings. The molecule has 0 saturated heterocycles. The van der Waals surface area contributed by atoms with Crippen molar-refractivity contribution in [3.8, 4) is 0 Å². The van der Waals surface area contributed by atoms with Gasteiger partial charge < -0.3 is 5.32 Å². The zero-order valence-corrected chi connectivity index (χ0v) is 10.5. The van der Waals surface area contributed by atoms with Crippen molar-refractivity contribution in [2.45, 2.75) is 40.7 Å². The SMILES string of the molecule is Cc1ncccc1CNC(=O)CC(C)(C)C. The Morgan fingerprint density at radius 3 is 2.69 bits per heavy atom. The van der Waals surface area contributed by atoms with Gasteiger partial charge in [0.15, 0.2) is 0 Å². The molecule has 1 aromatic rings. The molecule has 1 N–H and O–H groups in total. The highest BCUT2D eigenvalue weighted by Gasteiger charge is 2.15. The van der Waals surface area contributed by atoms with Crippen LogP contribution in [0, 0.1) is 12.3 Å². The second-order valence-electron chi connectivity index (χ2n) is 5.26. The summed E-state index contributed by atoms with van der Waals surface area (Å²) in [6.07, 6.45) is 2.31. The maximum atomic E-state index is 11.6. The summed E-state index contributed by atoms with van der Waals surface area (Å²) in [7, 11) is 0. The molecule has 0 radical (unpaired) electrons. The van der Waals surface area contributed by atoms with Crippen molar-refractivity contribution < 1.29 is 4.79 Å². The molecule has 3 heteroatoms. The predicted molar refractivity (Wildman–Crippen MR) is 64.9 cm³/mol. The molecule has 3 nitrogen and oxygen atoms in total. The first-order valence-corrected chi connectivity index (χ1v) is 5.56. The fourth-order valence-electron chi connectivity index (χ4n) is 1.44. The molecular weight excluding hydrogens is 200 g/mol. The van der Waals surface area contributed by atoms with Gasteiger partial charge in [-0.1, -0.05) is 26.8 Å². The van der Waals surface area contributed by atoms with Crippen LogP contribution in [0.5, 0.6) is 0 Å². The molecule has 88 valence electrons. The van der Waals surface area contributed by atoms with Gasteiger partial charge in [-0.25, -0.2) is 0 Å². The maximum absolute atomic E-state index is 11.6. The largest absolute Gasteiger partial charge is 0.352 e. The highest BCUT2D eigenvalue weighted by atomic mass is 16.1. The molecule has 1 aromatic heterocycles. The van der Waals surface area contributed by atoms with Crippen LogP contribution in [0.3, 0.4) is 0 Å². The van der Waals surface area contributed by atoms with Crippen LogP contribution in [-0.4, -0.2) is 10.9 Å². The first kappa shape index (κ1) is 12.7. The van der Waals surface area contributed by atoms with Crippen molar-refractivity contribution in [2.24, 2.45) is 5.41 Å². The number of carbonyl (C=O) groups is 1. The lowest BCUT2D eigenvalue weighted by Gasteiger charge is -2.17. The summed E-state index contributed by atoms with van der Waals surface area (Å²) in [6, 6.07) is 3.87. The number of amides is 1. The van der Waals surface area contributed by atoms with Crippen LogP contribution in [0.2, 0.25) is 0 Å². The van der Waals surface area contributed by atoms with Crippen molar-refractivity contribution in [3.63, 3.8) is 0 Å². The Morgan fingerprint density at radius 1 is 1.44 bits per heavy atom. The Morgan fingerprint density at radius 2 is 2.12 bits per heavy atom. The molecule has 0 aliphatic heterocycles. The number of hydrogen-bond donors (Lipinski definition) is 1. The molecular formula is C13H20N2O.